The molecule has 0 aromatic carbocycles. The second-order valence-electron chi connectivity index (χ2n) is 4.53. The number of amides is 1. The van der Waals surface area contributed by atoms with Crippen LogP contribution >= 0.6 is 0 Å². The first-order valence-corrected chi connectivity index (χ1v) is 6.95. The average Bonchev–Trinajstić information content (AvgIpc) is 2.90. The lowest BCUT2D eigenvalue weighted by Crippen LogP contribution is -2.36. The zero-order valence-corrected chi connectivity index (χ0v) is 11.5. The maximum atomic E-state index is 12.2. The fourth-order valence-corrected chi connectivity index (χ4v) is 1.86. The van der Waals surface area contributed by atoms with Gasteiger partial charge >= 0.3 is 6.03 Å². The van der Waals surface area contributed by atoms with E-state index in [1.807, 2.05) is 4.90 Å². The number of carbonyl (C=O) groups is 1. The van der Waals surface area contributed by atoms with Crippen LogP contribution in [0.3, 0.4) is 0 Å². The standard InChI is InChI=1S/C13H24N4O/c1-3-5-7-10-16(11-8-6-4-2)13(18)17-12-9-14-15-17/h9,12H,3-8,10-11H2,1-2H3. The predicted molar refractivity (Wildman–Crippen MR) is 71.4 cm³/mol. The molecule has 0 aliphatic carbocycles. The van der Waals surface area contributed by atoms with Crippen molar-refractivity contribution < 1.29 is 4.79 Å². The molecule has 0 unspecified atom stereocenters. The zero-order chi connectivity index (χ0) is 13.2. The number of carbonyl (C=O) groups excluding carboxylic acids is 1. The third-order valence-electron chi connectivity index (χ3n) is 2.95. The van der Waals surface area contributed by atoms with Gasteiger partial charge in [0.25, 0.3) is 0 Å². The molecule has 0 saturated heterocycles. The molecule has 1 rings (SSSR count). The Bertz CT molecular complexity index is 314. The molecule has 0 fully saturated rings. The number of aromatic nitrogens is 3. The molecule has 0 atom stereocenters. The normalized spacial score (nSPS) is 10.6. The fourth-order valence-electron chi connectivity index (χ4n) is 1.86. The Kier molecular flexibility index (Phi) is 7.06. The van der Waals surface area contributed by atoms with E-state index in [9.17, 15) is 4.79 Å². The van der Waals surface area contributed by atoms with Gasteiger partial charge in [0.15, 0.2) is 0 Å². The molecule has 18 heavy (non-hydrogen) atoms. The number of unbranched alkanes of at least 4 members (excludes halogenated alkanes) is 4. The highest BCUT2D eigenvalue weighted by molar-refractivity contribution is 5.75. The topological polar surface area (TPSA) is 51.0 Å². The van der Waals surface area contributed by atoms with Crippen molar-refractivity contribution >= 4 is 6.03 Å². The van der Waals surface area contributed by atoms with Gasteiger partial charge in [0, 0.05) is 13.1 Å². The van der Waals surface area contributed by atoms with Gasteiger partial charge in [-0.25, -0.2) is 4.79 Å². The van der Waals surface area contributed by atoms with E-state index in [0.717, 1.165) is 38.8 Å². The van der Waals surface area contributed by atoms with Gasteiger partial charge in [-0.15, -0.1) is 5.10 Å². The lowest BCUT2D eigenvalue weighted by Gasteiger charge is -2.21. The van der Waals surface area contributed by atoms with Crippen LogP contribution < -0.4 is 0 Å². The molecule has 1 amide bonds. The molecule has 0 saturated carbocycles. The SMILES string of the molecule is CCCCCN(CCCCC)C(=O)n1ccnn1. The summed E-state index contributed by atoms with van der Waals surface area (Å²) in [7, 11) is 0. The molecule has 1 heterocycles. The second kappa shape index (κ2) is 8.66. The predicted octanol–water partition coefficient (Wildman–Crippen LogP) is 2.93. The van der Waals surface area contributed by atoms with Crippen molar-refractivity contribution in [3.8, 4) is 0 Å². The van der Waals surface area contributed by atoms with Gasteiger partial charge < -0.3 is 4.90 Å². The summed E-state index contributed by atoms with van der Waals surface area (Å²) in [6.45, 7) is 5.97. The van der Waals surface area contributed by atoms with Gasteiger partial charge in [-0.1, -0.05) is 44.7 Å². The van der Waals surface area contributed by atoms with Crippen LogP contribution in [-0.2, 0) is 0 Å². The lowest BCUT2D eigenvalue weighted by molar-refractivity contribution is 0.193. The minimum atomic E-state index is -0.0558. The van der Waals surface area contributed by atoms with Crippen LogP contribution in [-0.4, -0.2) is 39.0 Å². The van der Waals surface area contributed by atoms with E-state index in [1.54, 1.807) is 6.20 Å². The first kappa shape index (κ1) is 14.7. The Labute approximate surface area is 109 Å². The third-order valence-corrected chi connectivity index (χ3v) is 2.95. The Morgan fingerprint density at radius 1 is 1.11 bits per heavy atom. The number of hydrogen-bond donors (Lipinski definition) is 0. The summed E-state index contributed by atoms with van der Waals surface area (Å²) in [4.78, 5) is 14.1. The molecular formula is C13H24N4O. The summed E-state index contributed by atoms with van der Waals surface area (Å²) in [6.07, 6.45) is 9.92. The molecule has 102 valence electrons. The van der Waals surface area contributed by atoms with E-state index >= 15 is 0 Å². The van der Waals surface area contributed by atoms with Crippen LogP contribution in [0.2, 0.25) is 0 Å². The fraction of sp³-hybridized carbons (Fsp3) is 0.769. The van der Waals surface area contributed by atoms with E-state index in [-0.39, 0.29) is 6.03 Å². The Hall–Kier alpha value is -1.39. The number of rotatable bonds is 8. The Morgan fingerprint density at radius 3 is 2.17 bits per heavy atom. The van der Waals surface area contributed by atoms with Gasteiger partial charge in [-0.2, -0.15) is 4.68 Å². The van der Waals surface area contributed by atoms with Crippen LogP contribution in [0.1, 0.15) is 52.4 Å². The van der Waals surface area contributed by atoms with Crippen molar-refractivity contribution in [2.75, 3.05) is 13.1 Å². The highest BCUT2D eigenvalue weighted by atomic mass is 16.2. The summed E-state index contributed by atoms with van der Waals surface area (Å²) < 4.78 is 1.32. The van der Waals surface area contributed by atoms with Gasteiger partial charge in [0.2, 0.25) is 0 Å². The van der Waals surface area contributed by atoms with Crippen molar-refractivity contribution in [3.63, 3.8) is 0 Å². The highest BCUT2D eigenvalue weighted by Gasteiger charge is 2.15. The Balaban J connectivity index is 2.49. The van der Waals surface area contributed by atoms with Crippen LogP contribution in [0.15, 0.2) is 12.4 Å². The minimum Gasteiger partial charge on any atom is -0.323 e. The quantitative estimate of drug-likeness (QED) is 0.668. The molecule has 0 N–H and O–H groups in total. The summed E-state index contributed by atoms with van der Waals surface area (Å²) in [5.41, 5.74) is 0. The molecular weight excluding hydrogens is 228 g/mol. The second-order valence-corrected chi connectivity index (χ2v) is 4.53. The van der Waals surface area contributed by atoms with Crippen LogP contribution in [0.4, 0.5) is 4.79 Å². The molecule has 0 radical (unpaired) electrons. The van der Waals surface area contributed by atoms with E-state index in [4.69, 9.17) is 0 Å². The molecule has 0 aliphatic rings. The molecule has 5 heteroatoms. The van der Waals surface area contributed by atoms with Gasteiger partial charge in [0.1, 0.15) is 0 Å². The van der Waals surface area contributed by atoms with Gasteiger partial charge in [-0.3, -0.25) is 0 Å². The molecule has 0 bridgehead atoms. The van der Waals surface area contributed by atoms with Crippen molar-refractivity contribution in [3.05, 3.63) is 12.4 Å². The van der Waals surface area contributed by atoms with E-state index < -0.39 is 0 Å². The monoisotopic (exact) mass is 252 g/mol. The maximum Gasteiger partial charge on any atom is 0.346 e. The summed E-state index contributed by atoms with van der Waals surface area (Å²) in [5, 5.41) is 7.45. The van der Waals surface area contributed by atoms with Gasteiger partial charge in [-0.05, 0) is 12.8 Å². The summed E-state index contributed by atoms with van der Waals surface area (Å²) >= 11 is 0. The van der Waals surface area contributed by atoms with Gasteiger partial charge in [0.05, 0.1) is 12.4 Å². The molecule has 1 aromatic rings. The van der Waals surface area contributed by atoms with Crippen LogP contribution in [0.25, 0.3) is 0 Å². The molecule has 0 spiro atoms. The third kappa shape index (κ3) is 4.85. The van der Waals surface area contributed by atoms with Crippen LogP contribution in [0.5, 0.6) is 0 Å². The lowest BCUT2D eigenvalue weighted by atomic mass is 10.2. The highest BCUT2D eigenvalue weighted by Crippen LogP contribution is 2.04. The summed E-state index contributed by atoms with van der Waals surface area (Å²) in [5.74, 6) is 0. The molecule has 1 aromatic heterocycles. The zero-order valence-electron chi connectivity index (χ0n) is 11.5. The molecule has 5 nitrogen and oxygen atoms in total. The van der Waals surface area contributed by atoms with Crippen molar-refractivity contribution in [1.82, 2.24) is 19.9 Å². The Morgan fingerprint density at radius 2 is 1.72 bits per heavy atom. The molecule has 0 aliphatic heterocycles. The first-order valence-electron chi connectivity index (χ1n) is 6.95. The van der Waals surface area contributed by atoms with Crippen molar-refractivity contribution in [1.29, 1.82) is 0 Å². The summed E-state index contributed by atoms with van der Waals surface area (Å²) in [6, 6.07) is -0.0558. The number of hydrogen-bond acceptors (Lipinski definition) is 3. The van der Waals surface area contributed by atoms with Crippen molar-refractivity contribution in [2.24, 2.45) is 0 Å². The van der Waals surface area contributed by atoms with Crippen molar-refractivity contribution in [2.45, 2.75) is 52.4 Å². The maximum absolute atomic E-state index is 12.2. The van der Waals surface area contributed by atoms with Crippen LogP contribution in [0, 0.1) is 0 Å². The smallest absolute Gasteiger partial charge is 0.323 e. The van der Waals surface area contributed by atoms with E-state index in [1.165, 1.54) is 23.7 Å². The average molecular weight is 252 g/mol. The minimum absolute atomic E-state index is 0.0558. The first-order chi connectivity index (χ1) is 8.79. The van der Waals surface area contributed by atoms with E-state index in [2.05, 4.69) is 24.2 Å². The largest absolute Gasteiger partial charge is 0.346 e. The van der Waals surface area contributed by atoms with E-state index in [0.29, 0.717) is 0 Å². The number of nitrogens with zero attached hydrogens (tertiary/aromatic N) is 4.